The highest BCUT2D eigenvalue weighted by Gasteiger charge is 2.30. The highest BCUT2D eigenvalue weighted by atomic mass is 79.9. The molecule has 1 aliphatic carbocycles. The van der Waals surface area contributed by atoms with Gasteiger partial charge in [0.2, 0.25) is 0 Å². The molecular formula is C15H21BrFN. The van der Waals surface area contributed by atoms with E-state index >= 15 is 0 Å². The summed E-state index contributed by atoms with van der Waals surface area (Å²) in [4.78, 5) is 0. The first kappa shape index (κ1) is 14.0. The van der Waals surface area contributed by atoms with E-state index < -0.39 is 0 Å². The zero-order valence-electron chi connectivity index (χ0n) is 10.9. The van der Waals surface area contributed by atoms with E-state index in [0.29, 0.717) is 11.8 Å². The van der Waals surface area contributed by atoms with Crippen LogP contribution in [0.1, 0.15) is 44.1 Å². The third-order valence-corrected chi connectivity index (χ3v) is 4.34. The van der Waals surface area contributed by atoms with E-state index in [2.05, 4.69) is 28.2 Å². The number of hydrogen-bond acceptors (Lipinski definition) is 1. The Labute approximate surface area is 117 Å². The molecule has 0 aromatic heterocycles. The van der Waals surface area contributed by atoms with Gasteiger partial charge in [-0.05, 0) is 68.0 Å². The molecule has 0 saturated heterocycles. The Morgan fingerprint density at radius 3 is 3.00 bits per heavy atom. The van der Waals surface area contributed by atoms with Crippen LogP contribution >= 0.6 is 15.9 Å². The first-order valence-corrected chi connectivity index (χ1v) is 7.67. The van der Waals surface area contributed by atoms with E-state index in [1.807, 2.05) is 6.07 Å². The zero-order valence-corrected chi connectivity index (χ0v) is 12.5. The van der Waals surface area contributed by atoms with Crippen molar-refractivity contribution in [1.29, 1.82) is 0 Å². The monoisotopic (exact) mass is 313 g/mol. The molecule has 1 aliphatic rings. The van der Waals surface area contributed by atoms with Crippen LogP contribution in [0.4, 0.5) is 4.39 Å². The molecule has 0 bridgehead atoms. The Balaban J connectivity index is 2.08. The minimum atomic E-state index is -0.0504. The highest BCUT2D eigenvalue weighted by Crippen LogP contribution is 2.40. The van der Waals surface area contributed by atoms with Gasteiger partial charge < -0.3 is 5.32 Å². The van der Waals surface area contributed by atoms with Crippen LogP contribution in [0.2, 0.25) is 0 Å². The number of rotatable bonds is 5. The van der Waals surface area contributed by atoms with Crippen molar-refractivity contribution in [3.8, 4) is 0 Å². The normalized spacial score (nSPS) is 23.5. The van der Waals surface area contributed by atoms with Crippen molar-refractivity contribution >= 4 is 15.9 Å². The lowest BCUT2D eigenvalue weighted by molar-refractivity contribution is 0.432. The van der Waals surface area contributed by atoms with E-state index in [9.17, 15) is 4.39 Å². The van der Waals surface area contributed by atoms with Gasteiger partial charge in [0.15, 0.2) is 0 Å². The lowest BCUT2D eigenvalue weighted by atomic mass is 9.88. The largest absolute Gasteiger partial charge is 0.316 e. The average molecular weight is 314 g/mol. The minimum absolute atomic E-state index is 0.0504. The number of benzene rings is 1. The summed E-state index contributed by atoms with van der Waals surface area (Å²) in [5.74, 6) is 0.915. The molecule has 0 spiro atoms. The fraction of sp³-hybridized carbons (Fsp3) is 0.600. The van der Waals surface area contributed by atoms with Crippen LogP contribution in [0.3, 0.4) is 0 Å². The van der Waals surface area contributed by atoms with Crippen LogP contribution in [0.25, 0.3) is 0 Å². The molecule has 0 heterocycles. The molecule has 2 unspecified atom stereocenters. The number of hydrogen-bond donors (Lipinski definition) is 1. The maximum Gasteiger partial charge on any atom is 0.126 e. The van der Waals surface area contributed by atoms with Crippen LogP contribution in [-0.4, -0.2) is 13.1 Å². The Morgan fingerprint density at radius 2 is 2.22 bits per heavy atom. The third-order valence-electron chi connectivity index (χ3n) is 3.85. The third kappa shape index (κ3) is 3.33. The van der Waals surface area contributed by atoms with Crippen molar-refractivity contribution in [2.75, 3.05) is 13.1 Å². The lowest BCUT2D eigenvalue weighted by Crippen LogP contribution is -2.25. The van der Waals surface area contributed by atoms with Crippen molar-refractivity contribution in [3.05, 3.63) is 34.1 Å². The summed E-state index contributed by atoms with van der Waals surface area (Å²) < 4.78 is 14.9. The van der Waals surface area contributed by atoms with E-state index in [4.69, 9.17) is 0 Å². The lowest BCUT2D eigenvalue weighted by Gasteiger charge is -2.21. The predicted octanol–water partition coefficient (Wildman–Crippen LogP) is 4.47. The summed E-state index contributed by atoms with van der Waals surface area (Å²) in [7, 11) is 0. The first-order valence-electron chi connectivity index (χ1n) is 6.88. The summed E-state index contributed by atoms with van der Waals surface area (Å²) in [6.07, 6.45) is 4.71. The van der Waals surface area contributed by atoms with E-state index in [1.54, 1.807) is 12.1 Å². The molecule has 100 valence electrons. The summed E-state index contributed by atoms with van der Waals surface area (Å²) in [5.41, 5.74) is 0.894. The van der Waals surface area contributed by atoms with Crippen LogP contribution in [0.15, 0.2) is 22.7 Å². The van der Waals surface area contributed by atoms with E-state index in [1.165, 1.54) is 12.8 Å². The van der Waals surface area contributed by atoms with E-state index in [0.717, 1.165) is 36.0 Å². The molecule has 1 N–H and O–H groups in total. The van der Waals surface area contributed by atoms with Gasteiger partial charge in [-0.2, -0.15) is 0 Å². The fourth-order valence-electron chi connectivity index (χ4n) is 2.95. The Hall–Kier alpha value is -0.410. The molecule has 0 aliphatic heterocycles. The Morgan fingerprint density at radius 1 is 1.39 bits per heavy atom. The van der Waals surface area contributed by atoms with Crippen molar-refractivity contribution in [2.45, 2.75) is 38.5 Å². The van der Waals surface area contributed by atoms with Gasteiger partial charge in [-0.3, -0.25) is 0 Å². The average Bonchev–Trinajstić information content (AvgIpc) is 2.81. The highest BCUT2D eigenvalue weighted by molar-refractivity contribution is 9.10. The second-order valence-electron chi connectivity index (χ2n) is 5.17. The molecule has 1 fully saturated rings. The maximum atomic E-state index is 13.9. The fourth-order valence-corrected chi connectivity index (χ4v) is 3.33. The second kappa shape index (κ2) is 6.67. The molecule has 1 aromatic rings. The van der Waals surface area contributed by atoms with Gasteiger partial charge in [-0.25, -0.2) is 4.39 Å². The van der Waals surface area contributed by atoms with Crippen LogP contribution in [0.5, 0.6) is 0 Å². The van der Waals surface area contributed by atoms with Crippen LogP contribution in [0, 0.1) is 11.7 Å². The molecule has 2 rings (SSSR count). The van der Waals surface area contributed by atoms with Gasteiger partial charge >= 0.3 is 0 Å². The second-order valence-corrected chi connectivity index (χ2v) is 6.08. The molecule has 1 nitrogen and oxygen atoms in total. The quantitative estimate of drug-likeness (QED) is 0.791. The van der Waals surface area contributed by atoms with E-state index in [-0.39, 0.29) is 5.82 Å². The van der Waals surface area contributed by atoms with Crippen molar-refractivity contribution in [1.82, 2.24) is 5.32 Å². The molecular weight excluding hydrogens is 293 g/mol. The molecule has 1 saturated carbocycles. The maximum absolute atomic E-state index is 13.9. The van der Waals surface area contributed by atoms with Gasteiger partial charge in [0, 0.05) is 4.47 Å². The summed E-state index contributed by atoms with van der Waals surface area (Å²) >= 11 is 3.44. The van der Waals surface area contributed by atoms with Gasteiger partial charge in [0.25, 0.3) is 0 Å². The molecule has 3 heteroatoms. The van der Waals surface area contributed by atoms with Crippen molar-refractivity contribution in [2.24, 2.45) is 5.92 Å². The smallest absolute Gasteiger partial charge is 0.126 e. The van der Waals surface area contributed by atoms with Crippen molar-refractivity contribution in [3.63, 3.8) is 0 Å². The van der Waals surface area contributed by atoms with Gasteiger partial charge in [-0.1, -0.05) is 29.3 Å². The van der Waals surface area contributed by atoms with Crippen molar-refractivity contribution < 1.29 is 4.39 Å². The predicted molar refractivity (Wildman–Crippen MR) is 77.3 cm³/mol. The molecule has 1 aromatic carbocycles. The standard InChI is InChI=1S/C15H21BrFN/c1-2-8-18-10-11-4-3-5-13(11)14-9-12(16)6-7-15(14)17/h6-7,9,11,13,18H,2-5,8,10H2,1H3. The molecule has 0 amide bonds. The molecule has 0 radical (unpaired) electrons. The zero-order chi connectivity index (χ0) is 13.0. The molecule has 18 heavy (non-hydrogen) atoms. The minimum Gasteiger partial charge on any atom is -0.316 e. The van der Waals surface area contributed by atoms with Gasteiger partial charge in [0.1, 0.15) is 5.82 Å². The first-order chi connectivity index (χ1) is 8.72. The van der Waals surface area contributed by atoms with Gasteiger partial charge in [-0.15, -0.1) is 0 Å². The van der Waals surface area contributed by atoms with Crippen LogP contribution in [-0.2, 0) is 0 Å². The summed E-state index contributed by atoms with van der Waals surface area (Å²) in [5, 5.41) is 3.48. The number of halogens is 2. The number of nitrogens with one attached hydrogen (secondary N) is 1. The Kier molecular flexibility index (Phi) is 5.19. The Bertz CT molecular complexity index is 394. The van der Waals surface area contributed by atoms with Gasteiger partial charge in [0.05, 0.1) is 0 Å². The summed E-state index contributed by atoms with van der Waals surface area (Å²) in [6, 6.07) is 5.31. The topological polar surface area (TPSA) is 12.0 Å². The molecule has 2 atom stereocenters. The SMILES string of the molecule is CCCNCC1CCCC1c1cc(Br)ccc1F. The summed E-state index contributed by atoms with van der Waals surface area (Å²) in [6.45, 7) is 4.25. The van der Waals surface area contributed by atoms with Crippen LogP contribution < -0.4 is 5.32 Å².